The monoisotopic (exact) mass is 488 g/mol. The first-order valence-corrected chi connectivity index (χ1v) is 10.4. The van der Waals surface area contributed by atoms with Crippen molar-refractivity contribution in [3.8, 4) is 0 Å². The first kappa shape index (κ1) is 27.0. The van der Waals surface area contributed by atoms with Crippen molar-refractivity contribution in [1.29, 1.82) is 0 Å². The standard InChI is InChI=1S/C18H32O15/c19-1-5-9(23)11(25)13(27)16(31-5)18(8(22)4-30-7(3-21)15(18)29)33-17-14(28)12(26)10(24)6(2-20)32-17/h5-17,19-29H,1-4H2/t5-,6-,7-,8-,9-,10-,11+,12+,13+,14+,15-,16-,17+,18-/m1/s1. The summed E-state index contributed by atoms with van der Waals surface area (Å²) in [6, 6.07) is 0. The molecular formula is C18H32O15. The number of aliphatic hydroxyl groups excluding tert-OH is 11. The molecule has 3 heterocycles. The average molecular weight is 488 g/mol. The summed E-state index contributed by atoms with van der Waals surface area (Å²) in [4.78, 5) is 0. The first-order chi connectivity index (χ1) is 15.5. The molecule has 3 fully saturated rings. The molecule has 15 heteroatoms. The van der Waals surface area contributed by atoms with E-state index in [9.17, 15) is 56.2 Å². The SMILES string of the molecule is OC[C@H]1O[C@@H](O[C@]2([C@@H]3O[C@H](CO)[C@@H](O)[C@H](O)[C@@H]3O)[C@H](O)CO[C@H](CO)[C@H]2O)[C@@H](O)[C@@H](O)[C@@H]1O. The van der Waals surface area contributed by atoms with Gasteiger partial charge < -0.3 is 75.1 Å². The molecule has 0 bridgehead atoms. The van der Waals surface area contributed by atoms with Crippen molar-refractivity contribution < 1.29 is 75.1 Å². The van der Waals surface area contributed by atoms with Gasteiger partial charge in [-0.3, -0.25) is 0 Å². The summed E-state index contributed by atoms with van der Waals surface area (Å²) in [6.45, 7) is -3.06. The number of hydrogen-bond acceptors (Lipinski definition) is 15. The van der Waals surface area contributed by atoms with Crippen molar-refractivity contribution in [3.63, 3.8) is 0 Å². The highest BCUT2D eigenvalue weighted by Gasteiger charge is 2.65. The highest BCUT2D eigenvalue weighted by Crippen LogP contribution is 2.42. The lowest BCUT2D eigenvalue weighted by molar-refractivity contribution is -0.399. The van der Waals surface area contributed by atoms with Crippen LogP contribution >= 0.6 is 0 Å². The predicted molar refractivity (Wildman–Crippen MR) is 100 cm³/mol. The molecule has 0 radical (unpaired) electrons. The molecule has 0 aromatic heterocycles. The lowest BCUT2D eigenvalue weighted by Gasteiger charge is -2.56. The molecular weight excluding hydrogens is 456 g/mol. The van der Waals surface area contributed by atoms with Gasteiger partial charge in [0.2, 0.25) is 0 Å². The zero-order valence-electron chi connectivity index (χ0n) is 17.4. The number of rotatable bonds is 6. The van der Waals surface area contributed by atoms with E-state index in [1.54, 1.807) is 0 Å². The van der Waals surface area contributed by atoms with Gasteiger partial charge in [0.25, 0.3) is 0 Å². The summed E-state index contributed by atoms with van der Waals surface area (Å²) in [6.07, 6.45) is -23.4. The molecule has 14 atom stereocenters. The molecule has 11 N–H and O–H groups in total. The van der Waals surface area contributed by atoms with Crippen LogP contribution in [0.25, 0.3) is 0 Å². The van der Waals surface area contributed by atoms with Gasteiger partial charge in [0.15, 0.2) is 11.9 Å². The van der Waals surface area contributed by atoms with E-state index < -0.39 is 112 Å². The van der Waals surface area contributed by atoms with E-state index in [1.807, 2.05) is 0 Å². The molecule has 33 heavy (non-hydrogen) atoms. The molecule has 0 saturated carbocycles. The van der Waals surface area contributed by atoms with Gasteiger partial charge in [0.05, 0.1) is 26.4 Å². The van der Waals surface area contributed by atoms with Gasteiger partial charge in [-0.15, -0.1) is 0 Å². The van der Waals surface area contributed by atoms with Gasteiger partial charge in [-0.1, -0.05) is 0 Å². The Balaban J connectivity index is 2.05. The Morgan fingerprint density at radius 1 is 0.636 bits per heavy atom. The van der Waals surface area contributed by atoms with Crippen LogP contribution in [0.1, 0.15) is 0 Å². The second kappa shape index (κ2) is 10.6. The highest BCUT2D eigenvalue weighted by atomic mass is 16.7. The largest absolute Gasteiger partial charge is 0.394 e. The van der Waals surface area contributed by atoms with Crippen molar-refractivity contribution >= 4 is 0 Å². The first-order valence-electron chi connectivity index (χ1n) is 10.4. The summed E-state index contributed by atoms with van der Waals surface area (Å²) >= 11 is 0. The van der Waals surface area contributed by atoms with E-state index in [0.717, 1.165) is 0 Å². The third-order valence-corrected chi connectivity index (χ3v) is 6.49. The Bertz CT molecular complexity index is 636. The van der Waals surface area contributed by atoms with Crippen molar-refractivity contribution in [2.24, 2.45) is 0 Å². The van der Waals surface area contributed by atoms with E-state index >= 15 is 0 Å². The molecule has 3 aliphatic rings. The van der Waals surface area contributed by atoms with Gasteiger partial charge in [-0.25, -0.2) is 0 Å². The summed E-state index contributed by atoms with van der Waals surface area (Å²) in [5.41, 5.74) is -2.53. The quantitative estimate of drug-likeness (QED) is 0.166. The second-order valence-electron chi connectivity index (χ2n) is 8.43. The van der Waals surface area contributed by atoms with Crippen LogP contribution in [0.3, 0.4) is 0 Å². The van der Waals surface area contributed by atoms with Crippen LogP contribution < -0.4 is 0 Å². The minimum absolute atomic E-state index is 0.602. The molecule has 0 unspecified atom stereocenters. The Kier molecular flexibility index (Phi) is 8.65. The third-order valence-electron chi connectivity index (χ3n) is 6.49. The van der Waals surface area contributed by atoms with Crippen LogP contribution in [0, 0.1) is 0 Å². The van der Waals surface area contributed by atoms with Gasteiger partial charge in [-0.05, 0) is 0 Å². The van der Waals surface area contributed by atoms with Crippen LogP contribution in [0.5, 0.6) is 0 Å². The lowest BCUT2D eigenvalue weighted by atomic mass is 9.74. The summed E-state index contributed by atoms with van der Waals surface area (Å²) in [5, 5.41) is 112. The molecule has 0 aliphatic carbocycles. The van der Waals surface area contributed by atoms with Crippen molar-refractivity contribution in [2.45, 2.75) is 85.1 Å². The van der Waals surface area contributed by atoms with Crippen molar-refractivity contribution in [2.75, 3.05) is 26.4 Å². The Morgan fingerprint density at radius 2 is 1.15 bits per heavy atom. The van der Waals surface area contributed by atoms with Crippen LogP contribution in [-0.2, 0) is 18.9 Å². The molecule has 194 valence electrons. The number of hydrogen-bond donors (Lipinski definition) is 11. The van der Waals surface area contributed by atoms with Crippen LogP contribution in [0.4, 0.5) is 0 Å². The van der Waals surface area contributed by atoms with E-state index in [1.165, 1.54) is 0 Å². The smallest absolute Gasteiger partial charge is 0.187 e. The molecule has 0 aromatic rings. The van der Waals surface area contributed by atoms with Gasteiger partial charge in [-0.2, -0.15) is 0 Å². The number of ether oxygens (including phenoxy) is 4. The summed E-state index contributed by atoms with van der Waals surface area (Å²) in [7, 11) is 0. The molecule has 0 amide bonds. The maximum absolute atomic E-state index is 11.0. The van der Waals surface area contributed by atoms with Crippen molar-refractivity contribution in [1.82, 2.24) is 0 Å². The van der Waals surface area contributed by atoms with Crippen LogP contribution in [-0.4, -0.2) is 168 Å². The third kappa shape index (κ3) is 4.53. The topological polar surface area (TPSA) is 259 Å². The van der Waals surface area contributed by atoms with E-state index in [4.69, 9.17) is 18.9 Å². The van der Waals surface area contributed by atoms with Gasteiger partial charge >= 0.3 is 0 Å². The molecule has 0 spiro atoms. The van der Waals surface area contributed by atoms with E-state index in [2.05, 4.69) is 0 Å². The summed E-state index contributed by atoms with van der Waals surface area (Å²) < 4.78 is 21.7. The highest BCUT2D eigenvalue weighted by molar-refractivity contribution is 5.13. The zero-order valence-corrected chi connectivity index (χ0v) is 17.4. The Hall–Kier alpha value is -0.600. The zero-order chi connectivity index (χ0) is 24.7. The maximum Gasteiger partial charge on any atom is 0.187 e. The minimum Gasteiger partial charge on any atom is -0.394 e. The normalized spacial score (nSPS) is 53.7. The lowest BCUT2D eigenvalue weighted by Crippen LogP contribution is -2.78. The molecule has 15 nitrogen and oxygen atoms in total. The fourth-order valence-electron chi connectivity index (χ4n) is 4.49. The van der Waals surface area contributed by atoms with E-state index in [-0.39, 0.29) is 0 Å². The predicted octanol–water partition coefficient (Wildman–Crippen LogP) is -7.50. The minimum atomic E-state index is -2.53. The molecule has 3 aliphatic heterocycles. The molecule has 3 saturated heterocycles. The molecule has 3 rings (SSSR count). The maximum atomic E-state index is 11.0. The average Bonchev–Trinajstić information content (AvgIpc) is 2.81. The van der Waals surface area contributed by atoms with Crippen LogP contribution in [0.2, 0.25) is 0 Å². The van der Waals surface area contributed by atoms with Gasteiger partial charge in [0.1, 0.15) is 73.2 Å². The number of aliphatic hydroxyl groups is 11. The molecule has 0 aromatic carbocycles. The van der Waals surface area contributed by atoms with Gasteiger partial charge in [0, 0.05) is 0 Å². The second-order valence-corrected chi connectivity index (χ2v) is 8.43. The van der Waals surface area contributed by atoms with Crippen LogP contribution in [0.15, 0.2) is 0 Å². The fraction of sp³-hybridized carbons (Fsp3) is 1.00. The van der Waals surface area contributed by atoms with E-state index in [0.29, 0.717) is 0 Å². The Labute approximate surface area is 187 Å². The Morgan fingerprint density at radius 3 is 1.70 bits per heavy atom. The summed E-state index contributed by atoms with van der Waals surface area (Å²) in [5.74, 6) is 0. The van der Waals surface area contributed by atoms with Crippen molar-refractivity contribution in [3.05, 3.63) is 0 Å². The fourth-order valence-corrected chi connectivity index (χ4v) is 4.49.